The van der Waals surface area contributed by atoms with Gasteiger partial charge in [0.2, 0.25) is 5.96 Å². The maximum absolute atomic E-state index is 12.8. The summed E-state index contributed by atoms with van der Waals surface area (Å²) in [4.78, 5) is 20.8. The summed E-state index contributed by atoms with van der Waals surface area (Å²) < 4.78 is 5.22. The number of nitrogens with one attached hydrogen (secondary N) is 3. The number of methoxy groups -OCH3 is 1. The van der Waals surface area contributed by atoms with Crippen molar-refractivity contribution in [2.75, 3.05) is 19.0 Å². The molecule has 1 aromatic heterocycles. The van der Waals surface area contributed by atoms with Gasteiger partial charge in [0, 0.05) is 34.9 Å². The number of fused-ring (bicyclic) bond motifs is 1. The van der Waals surface area contributed by atoms with Gasteiger partial charge in [-0.3, -0.25) is 15.1 Å². The zero-order chi connectivity index (χ0) is 22.3. The van der Waals surface area contributed by atoms with E-state index in [0.717, 1.165) is 28.9 Å². The van der Waals surface area contributed by atoms with Gasteiger partial charge in [-0.2, -0.15) is 0 Å². The molecule has 0 spiro atoms. The van der Waals surface area contributed by atoms with Gasteiger partial charge in [-0.05, 0) is 61.4 Å². The molecule has 4 aromatic rings. The number of guanidine groups is 1. The normalized spacial score (nSPS) is 11.4. The van der Waals surface area contributed by atoms with E-state index in [2.05, 4.69) is 32.7 Å². The van der Waals surface area contributed by atoms with Crippen molar-refractivity contribution in [1.29, 1.82) is 0 Å². The van der Waals surface area contributed by atoms with Gasteiger partial charge < -0.3 is 15.0 Å². The lowest BCUT2D eigenvalue weighted by Gasteiger charge is -2.12. The van der Waals surface area contributed by atoms with E-state index in [9.17, 15) is 4.79 Å². The molecule has 0 aliphatic carbocycles. The number of aryl methyl sites for hydroxylation is 1. The lowest BCUT2D eigenvalue weighted by atomic mass is 10.1. The Morgan fingerprint density at radius 2 is 1.84 bits per heavy atom. The lowest BCUT2D eigenvalue weighted by Crippen LogP contribution is -2.36. The van der Waals surface area contributed by atoms with Crippen LogP contribution in [0.3, 0.4) is 0 Å². The summed E-state index contributed by atoms with van der Waals surface area (Å²) >= 11 is 0. The number of H-pyrrole nitrogens is 1. The van der Waals surface area contributed by atoms with Gasteiger partial charge in [0.15, 0.2) is 0 Å². The molecule has 0 atom stereocenters. The number of ether oxygens (including phenoxy) is 1. The number of para-hydroxylation sites is 1. The SMILES string of the molecule is COc1ccc(NC(=NCCc2c[nH]c3ccccc23)NC(=O)c2cccc(C)c2)cc1. The predicted molar refractivity (Wildman–Crippen MR) is 130 cm³/mol. The van der Waals surface area contributed by atoms with Gasteiger partial charge in [-0.1, -0.05) is 35.9 Å². The van der Waals surface area contributed by atoms with Gasteiger partial charge in [-0.25, -0.2) is 0 Å². The van der Waals surface area contributed by atoms with Crippen molar-refractivity contribution in [1.82, 2.24) is 10.3 Å². The fourth-order valence-electron chi connectivity index (χ4n) is 3.51. The number of aromatic nitrogens is 1. The molecule has 0 saturated heterocycles. The number of anilines is 1. The van der Waals surface area contributed by atoms with Crippen molar-refractivity contribution in [3.63, 3.8) is 0 Å². The second-order valence-corrected chi connectivity index (χ2v) is 7.52. The van der Waals surface area contributed by atoms with Crippen LogP contribution in [0, 0.1) is 6.92 Å². The van der Waals surface area contributed by atoms with Crippen LogP contribution in [0.5, 0.6) is 5.75 Å². The first-order chi connectivity index (χ1) is 15.6. The summed E-state index contributed by atoms with van der Waals surface area (Å²) in [6.45, 7) is 2.48. The largest absolute Gasteiger partial charge is 0.497 e. The standard InChI is InChI=1S/C26H26N4O2/c1-18-6-5-7-19(16-18)25(31)30-26(29-21-10-12-22(32-2)13-11-21)27-15-14-20-17-28-24-9-4-3-8-23(20)24/h3-13,16-17,28H,14-15H2,1-2H3,(H2,27,29,30,31). The van der Waals surface area contributed by atoms with E-state index in [1.54, 1.807) is 13.2 Å². The van der Waals surface area contributed by atoms with Crippen molar-refractivity contribution in [3.05, 3.63) is 95.7 Å². The first-order valence-corrected chi connectivity index (χ1v) is 10.5. The van der Waals surface area contributed by atoms with Crippen LogP contribution in [-0.2, 0) is 6.42 Å². The molecule has 3 N–H and O–H groups in total. The Hall–Kier alpha value is -4.06. The number of amides is 1. The molecule has 6 heteroatoms. The maximum Gasteiger partial charge on any atom is 0.257 e. The third-order valence-corrected chi connectivity index (χ3v) is 5.19. The number of rotatable bonds is 6. The number of aliphatic imine (C=N–C) groups is 1. The Kier molecular flexibility index (Phi) is 6.51. The van der Waals surface area contributed by atoms with Crippen LogP contribution in [0.15, 0.2) is 84.0 Å². The van der Waals surface area contributed by atoms with Crippen LogP contribution in [0.1, 0.15) is 21.5 Å². The van der Waals surface area contributed by atoms with E-state index in [1.165, 1.54) is 10.9 Å². The van der Waals surface area contributed by atoms with Gasteiger partial charge in [0.05, 0.1) is 7.11 Å². The Labute approximate surface area is 187 Å². The third-order valence-electron chi connectivity index (χ3n) is 5.19. The highest BCUT2D eigenvalue weighted by atomic mass is 16.5. The summed E-state index contributed by atoms with van der Waals surface area (Å²) in [5.74, 6) is 0.958. The van der Waals surface area contributed by atoms with Crippen LogP contribution < -0.4 is 15.4 Å². The smallest absolute Gasteiger partial charge is 0.257 e. The molecule has 0 aliphatic heterocycles. The summed E-state index contributed by atoms with van der Waals surface area (Å²) in [7, 11) is 1.63. The second-order valence-electron chi connectivity index (χ2n) is 7.52. The molecule has 6 nitrogen and oxygen atoms in total. The monoisotopic (exact) mass is 426 g/mol. The number of carbonyl (C=O) groups excluding carboxylic acids is 1. The molecule has 32 heavy (non-hydrogen) atoms. The Bertz CT molecular complexity index is 1240. The van der Waals surface area contributed by atoms with Crippen LogP contribution >= 0.6 is 0 Å². The van der Waals surface area contributed by atoms with Gasteiger partial charge in [-0.15, -0.1) is 0 Å². The molecule has 0 saturated carbocycles. The molecule has 162 valence electrons. The van der Waals surface area contributed by atoms with Crippen molar-refractivity contribution >= 4 is 28.5 Å². The lowest BCUT2D eigenvalue weighted by molar-refractivity contribution is 0.0977. The van der Waals surface area contributed by atoms with Crippen molar-refractivity contribution in [2.24, 2.45) is 4.99 Å². The topological polar surface area (TPSA) is 78.5 Å². The highest BCUT2D eigenvalue weighted by Gasteiger charge is 2.10. The van der Waals surface area contributed by atoms with Crippen LogP contribution in [0.2, 0.25) is 0 Å². The maximum atomic E-state index is 12.8. The fourth-order valence-corrected chi connectivity index (χ4v) is 3.51. The number of nitrogens with zero attached hydrogens (tertiary/aromatic N) is 1. The molecule has 0 unspecified atom stereocenters. The minimum absolute atomic E-state index is 0.208. The zero-order valence-electron chi connectivity index (χ0n) is 18.2. The zero-order valence-corrected chi connectivity index (χ0v) is 18.2. The minimum atomic E-state index is -0.208. The summed E-state index contributed by atoms with van der Waals surface area (Å²) in [6, 6.07) is 23.1. The van der Waals surface area contributed by atoms with Gasteiger partial charge in [0.25, 0.3) is 5.91 Å². The number of hydrogen-bond donors (Lipinski definition) is 3. The van der Waals surface area contributed by atoms with Crippen LogP contribution in [-0.4, -0.2) is 30.5 Å². The molecule has 4 rings (SSSR count). The van der Waals surface area contributed by atoms with E-state index in [1.807, 2.05) is 67.7 Å². The van der Waals surface area contributed by atoms with Crippen LogP contribution in [0.4, 0.5) is 5.69 Å². The van der Waals surface area contributed by atoms with Crippen molar-refractivity contribution < 1.29 is 9.53 Å². The first kappa shape index (κ1) is 21.2. The number of hydrogen-bond acceptors (Lipinski definition) is 3. The quantitative estimate of drug-likeness (QED) is 0.302. The van der Waals surface area contributed by atoms with Crippen molar-refractivity contribution in [3.8, 4) is 5.75 Å². The molecular weight excluding hydrogens is 400 g/mol. The molecular formula is C26H26N4O2. The Morgan fingerprint density at radius 1 is 1.03 bits per heavy atom. The molecule has 1 amide bonds. The van der Waals surface area contributed by atoms with Crippen molar-refractivity contribution in [2.45, 2.75) is 13.3 Å². The molecule has 0 bridgehead atoms. The van der Waals surface area contributed by atoms with Gasteiger partial charge in [0.1, 0.15) is 5.75 Å². The second kappa shape index (κ2) is 9.83. The highest BCUT2D eigenvalue weighted by Crippen LogP contribution is 2.18. The minimum Gasteiger partial charge on any atom is -0.497 e. The van der Waals surface area contributed by atoms with E-state index >= 15 is 0 Å². The summed E-state index contributed by atoms with van der Waals surface area (Å²) in [5.41, 5.74) is 4.72. The molecule has 3 aromatic carbocycles. The highest BCUT2D eigenvalue weighted by molar-refractivity contribution is 6.10. The number of carbonyl (C=O) groups is 1. The number of benzene rings is 3. The Balaban J connectivity index is 1.51. The molecule has 1 heterocycles. The van der Waals surface area contributed by atoms with Gasteiger partial charge >= 0.3 is 0 Å². The molecule has 0 radical (unpaired) electrons. The van der Waals surface area contributed by atoms with E-state index in [-0.39, 0.29) is 5.91 Å². The summed E-state index contributed by atoms with van der Waals surface area (Å²) in [5, 5.41) is 7.32. The van der Waals surface area contributed by atoms with E-state index < -0.39 is 0 Å². The average Bonchev–Trinajstić information content (AvgIpc) is 3.22. The fraction of sp³-hybridized carbons (Fsp3) is 0.154. The number of aromatic amines is 1. The van der Waals surface area contributed by atoms with E-state index in [4.69, 9.17) is 4.74 Å². The van der Waals surface area contributed by atoms with E-state index in [0.29, 0.717) is 18.1 Å². The molecule has 0 aliphatic rings. The average molecular weight is 427 g/mol. The third kappa shape index (κ3) is 5.16. The first-order valence-electron chi connectivity index (χ1n) is 10.5. The predicted octanol–water partition coefficient (Wildman–Crippen LogP) is 4.93. The van der Waals surface area contributed by atoms with Crippen LogP contribution in [0.25, 0.3) is 10.9 Å². The molecule has 0 fully saturated rings. The Morgan fingerprint density at radius 3 is 2.62 bits per heavy atom. The summed E-state index contributed by atoms with van der Waals surface area (Å²) in [6.07, 6.45) is 2.76.